The van der Waals surface area contributed by atoms with Gasteiger partial charge in [-0.25, -0.2) is 9.50 Å². The van der Waals surface area contributed by atoms with Crippen molar-refractivity contribution in [2.45, 2.75) is 45.7 Å². The Morgan fingerprint density at radius 3 is 2.86 bits per heavy atom. The van der Waals surface area contributed by atoms with Gasteiger partial charge in [-0.05, 0) is 44.9 Å². The van der Waals surface area contributed by atoms with Crippen molar-refractivity contribution < 1.29 is 4.79 Å². The molecule has 1 amide bonds. The van der Waals surface area contributed by atoms with Crippen molar-refractivity contribution in [3.63, 3.8) is 0 Å². The van der Waals surface area contributed by atoms with Gasteiger partial charge in [0, 0.05) is 30.5 Å². The summed E-state index contributed by atoms with van der Waals surface area (Å²) in [5, 5.41) is 7.59. The van der Waals surface area contributed by atoms with Gasteiger partial charge in [0.25, 0.3) is 5.78 Å². The molecule has 1 unspecified atom stereocenters. The van der Waals surface area contributed by atoms with E-state index >= 15 is 0 Å². The second-order valence-electron chi connectivity index (χ2n) is 7.58. The van der Waals surface area contributed by atoms with Crippen LogP contribution in [0.5, 0.6) is 0 Å². The molecule has 7 nitrogen and oxygen atoms in total. The molecule has 3 aromatic rings. The third-order valence-corrected chi connectivity index (χ3v) is 5.10. The van der Waals surface area contributed by atoms with Crippen LogP contribution in [0.3, 0.4) is 0 Å². The summed E-state index contributed by atoms with van der Waals surface area (Å²) in [5.41, 5.74) is 3.17. The van der Waals surface area contributed by atoms with E-state index in [1.165, 1.54) is 5.56 Å². The molecule has 1 aliphatic rings. The van der Waals surface area contributed by atoms with E-state index in [1.807, 2.05) is 26.0 Å². The van der Waals surface area contributed by atoms with Crippen LogP contribution in [-0.4, -0.2) is 49.5 Å². The molecule has 0 radical (unpaired) electrons. The lowest BCUT2D eigenvalue weighted by Crippen LogP contribution is -2.47. The molecule has 7 heteroatoms. The normalized spacial score (nSPS) is 17.7. The number of amides is 1. The van der Waals surface area contributed by atoms with E-state index in [0.29, 0.717) is 11.6 Å². The summed E-state index contributed by atoms with van der Waals surface area (Å²) in [4.78, 5) is 23.7. The van der Waals surface area contributed by atoms with Crippen molar-refractivity contribution in [1.29, 1.82) is 0 Å². The quantitative estimate of drug-likeness (QED) is 0.736. The van der Waals surface area contributed by atoms with Crippen LogP contribution >= 0.6 is 0 Å². The Kier molecular flexibility index (Phi) is 5.34. The number of carbonyl (C=O) groups is 1. The molecule has 1 saturated heterocycles. The molecule has 28 heavy (non-hydrogen) atoms. The summed E-state index contributed by atoms with van der Waals surface area (Å²) < 4.78 is 1.69. The van der Waals surface area contributed by atoms with E-state index in [9.17, 15) is 4.79 Å². The highest BCUT2D eigenvalue weighted by atomic mass is 16.1. The van der Waals surface area contributed by atoms with Gasteiger partial charge in [-0.15, -0.1) is 5.10 Å². The fraction of sp³-hybridized carbons (Fsp3) is 0.429. The first-order valence-electron chi connectivity index (χ1n) is 9.82. The fourth-order valence-corrected chi connectivity index (χ4v) is 3.86. The summed E-state index contributed by atoms with van der Waals surface area (Å²) in [5.74, 6) is 1.03. The average Bonchev–Trinajstić information content (AvgIpc) is 3.05. The number of nitrogens with one attached hydrogen (secondary N) is 1. The Hall–Kier alpha value is -2.80. The highest BCUT2D eigenvalue weighted by Crippen LogP contribution is 2.14. The van der Waals surface area contributed by atoms with E-state index in [1.54, 1.807) is 4.52 Å². The lowest BCUT2D eigenvalue weighted by molar-refractivity contribution is -0.121. The summed E-state index contributed by atoms with van der Waals surface area (Å²) >= 11 is 0. The molecule has 1 fully saturated rings. The molecule has 1 N–H and O–H groups in total. The first-order valence-corrected chi connectivity index (χ1v) is 9.82. The molecule has 1 atom stereocenters. The van der Waals surface area contributed by atoms with Crippen molar-refractivity contribution in [2.24, 2.45) is 0 Å². The molecule has 4 rings (SSSR count). The number of aromatic nitrogens is 4. The topological polar surface area (TPSA) is 75.4 Å². The van der Waals surface area contributed by atoms with Gasteiger partial charge >= 0.3 is 0 Å². The van der Waals surface area contributed by atoms with Crippen molar-refractivity contribution >= 4 is 11.7 Å². The van der Waals surface area contributed by atoms with Gasteiger partial charge in [-0.1, -0.05) is 30.3 Å². The highest BCUT2D eigenvalue weighted by Gasteiger charge is 2.22. The summed E-state index contributed by atoms with van der Waals surface area (Å²) in [6, 6.07) is 12.6. The number of piperidine rings is 1. The van der Waals surface area contributed by atoms with E-state index in [-0.39, 0.29) is 18.4 Å². The van der Waals surface area contributed by atoms with Crippen molar-refractivity contribution in [2.75, 3.05) is 13.1 Å². The lowest BCUT2D eigenvalue weighted by Gasteiger charge is -2.33. The molecular formula is C21H26N6O. The molecule has 0 saturated carbocycles. The standard InChI is InChI=1S/C21H26N6O/c1-15-11-16(2)27-21(22-15)24-19(25-27)12-20(28)23-18-9-6-10-26(14-18)13-17-7-4-3-5-8-17/h3-5,7-8,11,18H,6,9-10,12-14H2,1-2H3,(H,23,28). The maximum absolute atomic E-state index is 12.5. The Bertz CT molecular complexity index is 968. The van der Waals surface area contributed by atoms with Crippen LogP contribution in [0.25, 0.3) is 5.78 Å². The number of aryl methyl sites for hydroxylation is 2. The molecule has 2 aromatic heterocycles. The van der Waals surface area contributed by atoms with Crippen LogP contribution in [0.2, 0.25) is 0 Å². The number of fused-ring (bicyclic) bond motifs is 1. The molecule has 146 valence electrons. The zero-order valence-electron chi connectivity index (χ0n) is 16.4. The van der Waals surface area contributed by atoms with Gasteiger partial charge < -0.3 is 5.32 Å². The Morgan fingerprint density at radius 2 is 2.04 bits per heavy atom. The molecule has 0 aliphatic carbocycles. The van der Waals surface area contributed by atoms with E-state index in [2.05, 4.69) is 49.5 Å². The SMILES string of the molecule is Cc1cc(C)n2nc(CC(=O)NC3CCCN(Cc4ccccc4)C3)nc2n1. The van der Waals surface area contributed by atoms with Crippen LogP contribution in [0.15, 0.2) is 36.4 Å². The molecular weight excluding hydrogens is 352 g/mol. The highest BCUT2D eigenvalue weighted by molar-refractivity contribution is 5.78. The monoisotopic (exact) mass is 378 g/mol. The minimum atomic E-state index is -0.0307. The van der Waals surface area contributed by atoms with Gasteiger partial charge in [0.05, 0.1) is 6.42 Å². The summed E-state index contributed by atoms with van der Waals surface area (Å²) in [6.45, 7) is 6.76. The smallest absolute Gasteiger partial charge is 0.252 e. The maximum Gasteiger partial charge on any atom is 0.252 e. The van der Waals surface area contributed by atoms with Gasteiger partial charge in [0.15, 0.2) is 5.82 Å². The number of hydrogen-bond donors (Lipinski definition) is 1. The molecule has 1 aromatic carbocycles. The Morgan fingerprint density at radius 1 is 1.21 bits per heavy atom. The predicted molar refractivity (Wildman–Crippen MR) is 107 cm³/mol. The molecule has 1 aliphatic heterocycles. The summed E-state index contributed by atoms with van der Waals surface area (Å²) in [7, 11) is 0. The first-order chi connectivity index (χ1) is 13.6. The molecule has 0 spiro atoms. The molecule has 0 bridgehead atoms. The largest absolute Gasteiger partial charge is 0.352 e. The van der Waals surface area contributed by atoms with Gasteiger partial charge in [0.2, 0.25) is 5.91 Å². The van der Waals surface area contributed by atoms with Gasteiger partial charge in [-0.3, -0.25) is 9.69 Å². The minimum Gasteiger partial charge on any atom is -0.352 e. The summed E-state index contributed by atoms with van der Waals surface area (Å²) in [6.07, 6.45) is 2.28. The number of likely N-dealkylation sites (tertiary alicyclic amines) is 1. The number of rotatable bonds is 5. The van der Waals surface area contributed by atoms with Crippen LogP contribution in [-0.2, 0) is 17.8 Å². The Labute approximate surface area is 164 Å². The number of carbonyl (C=O) groups excluding carboxylic acids is 1. The second kappa shape index (κ2) is 8.06. The van der Waals surface area contributed by atoms with E-state index < -0.39 is 0 Å². The van der Waals surface area contributed by atoms with Crippen molar-refractivity contribution in [3.05, 3.63) is 59.2 Å². The van der Waals surface area contributed by atoms with Crippen LogP contribution < -0.4 is 5.32 Å². The van der Waals surface area contributed by atoms with E-state index in [4.69, 9.17) is 0 Å². The van der Waals surface area contributed by atoms with Crippen LogP contribution in [0, 0.1) is 13.8 Å². The number of benzene rings is 1. The van der Waals surface area contributed by atoms with Crippen molar-refractivity contribution in [3.8, 4) is 0 Å². The number of hydrogen-bond acceptors (Lipinski definition) is 5. The fourth-order valence-electron chi connectivity index (χ4n) is 3.86. The van der Waals surface area contributed by atoms with Crippen molar-refractivity contribution in [1.82, 2.24) is 29.8 Å². The average molecular weight is 378 g/mol. The third-order valence-electron chi connectivity index (χ3n) is 5.10. The van der Waals surface area contributed by atoms with Crippen LogP contribution in [0.1, 0.15) is 35.6 Å². The second-order valence-corrected chi connectivity index (χ2v) is 7.58. The molecule has 3 heterocycles. The van der Waals surface area contributed by atoms with Crippen LogP contribution in [0.4, 0.5) is 0 Å². The third kappa shape index (κ3) is 4.36. The zero-order chi connectivity index (χ0) is 19.5. The maximum atomic E-state index is 12.5. The Balaban J connectivity index is 1.35. The lowest BCUT2D eigenvalue weighted by atomic mass is 10.0. The minimum absolute atomic E-state index is 0.0307. The van der Waals surface area contributed by atoms with Gasteiger partial charge in [0.1, 0.15) is 0 Å². The predicted octanol–water partition coefficient (Wildman–Crippen LogP) is 2.06. The first kappa shape index (κ1) is 18.6. The van der Waals surface area contributed by atoms with Gasteiger partial charge in [-0.2, -0.15) is 4.98 Å². The number of nitrogens with zero attached hydrogens (tertiary/aromatic N) is 5. The zero-order valence-corrected chi connectivity index (χ0v) is 16.4. The van der Waals surface area contributed by atoms with E-state index in [0.717, 1.165) is 43.9 Å².